The van der Waals surface area contributed by atoms with Crippen LogP contribution in [0.2, 0.25) is 0 Å². The van der Waals surface area contributed by atoms with Crippen LogP contribution in [0.4, 0.5) is 4.39 Å². The summed E-state index contributed by atoms with van der Waals surface area (Å²) in [6, 6.07) is 0. The van der Waals surface area contributed by atoms with E-state index in [0.29, 0.717) is 0 Å². The van der Waals surface area contributed by atoms with Gasteiger partial charge in [-0.15, -0.1) is 0 Å². The molecule has 0 rings (SSSR count). The van der Waals surface area contributed by atoms with E-state index in [9.17, 15) is 9.18 Å². The molecule has 0 fully saturated rings. The first-order chi connectivity index (χ1) is 4.33. The van der Waals surface area contributed by atoms with Gasteiger partial charge in [-0.05, 0) is 13.8 Å². The van der Waals surface area contributed by atoms with Gasteiger partial charge in [0.05, 0.1) is 0 Å². The van der Waals surface area contributed by atoms with Crippen molar-refractivity contribution in [3.63, 3.8) is 0 Å². The Balaban J connectivity index is 3.80. The molecular weight excluding hydrogens is 250 g/mol. The lowest BCUT2D eigenvalue weighted by Crippen LogP contribution is -2.23. The molecule has 1 N–H and O–H groups in total. The molecule has 0 aromatic rings. The largest absolute Gasteiger partial charge is 0.480 e. The summed E-state index contributed by atoms with van der Waals surface area (Å²) in [5.74, 6) is -0.952. The standard InChI is InChI=1S/C6H10FIO2/c1-6(2,7)3-4(8)5(9)10/h4H,3H2,1-2H3,(H,9,10)/t4-/m0/s1. The van der Waals surface area contributed by atoms with Gasteiger partial charge in [-0.3, -0.25) is 4.79 Å². The van der Waals surface area contributed by atoms with E-state index in [0.717, 1.165) is 0 Å². The fraction of sp³-hybridized carbons (Fsp3) is 0.833. The molecule has 0 aliphatic heterocycles. The highest BCUT2D eigenvalue weighted by Gasteiger charge is 2.24. The van der Waals surface area contributed by atoms with Gasteiger partial charge < -0.3 is 5.11 Å². The fourth-order valence-corrected chi connectivity index (χ4v) is 1.56. The Morgan fingerprint density at radius 2 is 2.20 bits per heavy atom. The van der Waals surface area contributed by atoms with Crippen LogP contribution in [0.15, 0.2) is 0 Å². The number of aliphatic carboxylic acids is 1. The Hall–Kier alpha value is 0.130. The molecule has 0 heterocycles. The number of carbonyl (C=O) groups is 1. The zero-order chi connectivity index (χ0) is 8.36. The number of carboxylic acids is 1. The quantitative estimate of drug-likeness (QED) is 0.622. The predicted octanol–water partition coefficient (Wildman–Crippen LogP) is 2.01. The highest BCUT2D eigenvalue weighted by atomic mass is 127. The summed E-state index contributed by atoms with van der Waals surface area (Å²) >= 11 is 1.72. The van der Waals surface area contributed by atoms with Gasteiger partial charge in [0.15, 0.2) is 0 Å². The zero-order valence-corrected chi connectivity index (χ0v) is 8.05. The second-order valence-corrected chi connectivity index (χ2v) is 4.23. The maximum absolute atomic E-state index is 12.7. The molecule has 0 spiro atoms. The summed E-state index contributed by atoms with van der Waals surface area (Å²) in [6.45, 7) is 2.75. The molecule has 0 amide bonds. The fourth-order valence-electron chi connectivity index (χ4n) is 0.513. The minimum Gasteiger partial charge on any atom is -0.480 e. The van der Waals surface area contributed by atoms with E-state index in [4.69, 9.17) is 5.11 Å². The third-order valence-electron chi connectivity index (χ3n) is 0.933. The third kappa shape index (κ3) is 4.96. The van der Waals surface area contributed by atoms with Gasteiger partial charge in [-0.2, -0.15) is 0 Å². The molecule has 0 aliphatic carbocycles. The summed E-state index contributed by atoms with van der Waals surface area (Å²) < 4.78 is 12.1. The second kappa shape index (κ2) is 3.50. The minimum absolute atomic E-state index is 0.0584. The normalized spacial score (nSPS) is 14.8. The van der Waals surface area contributed by atoms with Crippen LogP contribution in [-0.2, 0) is 4.79 Å². The number of carboxylic acid groups (broad SMARTS) is 1. The van der Waals surface area contributed by atoms with Crippen LogP contribution in [-0.4, -0.2) is 20.7 Å². The van der Waals surface area contributed by atoms with Gasteiger partial charge in [-0.25, -0.2) is 4.39 Å². The monoisotopic (exact) mass is 260 g/mol. The van der Waals surface area contributed by atoms with Crippen molar-refractivity contribution in [1.29, 1.82) is 0 Å². The highest BCUT2D eigenvalue weighted by molar-refractivity contribution is 14.1. The molecule has 60 valence electrons. The van der Waals surface area contributed by atoms with Gasteiger partial charge in [0, 0.05) is 6.42 Å². The van der Waals surface area contributed by atoms with Crippen LogP contribution in [0.3, 0.4) is 0 Å². The summed E-state index contributed by atoms with van der Waals surface area (Å²) in [5, 5.41) is 8.37. The number of hydrogen-bond donors (Lipinski definition) is 1. The van der Waals surface area contributed by atoms with Crippen LogP contribution >= 0.6 is 22.6 Å². The van der Waals surface area contributed by atoms with Gasteiger partial charge >= 0.3 is 5.97 Å². The van der Waals surface area contributed by atoms with Crippen molar-refractivity contribution in [1.82, 2.24) is 0 Å². The molecular formula is C6H10FIO2. The predicted molar refractivity (Wildman–Crippen MR) is 45.2 cm³/mol. The topological polar surface area (TPSA) is 37.3 Å². The lowest BCUT2D eigenvalue weighted by molar-refractivity contribution is -0.136. The average molecular weight is 260 g/mol. The van der Waals surface area contributed by atoms with Crippen LogP contribution in [0.5, 0.6) is 0 Å². The van der Waals surface area contributed by atoms with E-state index in [1.54, 1.807) is 22.6 Å². The number of rotatable bonds is 3. The van der Waals surface area contributed by atoms with Crippen molar-refractivity contribution in [2.45, 2.75) is 29.9 Å². The lowest BCUT2D eigenvalue weighted by Gasteiger charge is -2.14. The third-order valence-corrected chi connectivity index (χ3v) is 1.91. The summed E-state index contributed by atoms with van der Waals surface area (Å²) in [7, 11) is 0. The molecule has 2 nitrogen and oxygen atoms in total. The number of hydrogen-bond acceptors (Lipinski definition) is 1. The van der Waals surface area contributed by atoms with Crippen molar-refractivity contribution >= 4 is 28.6 Å². The molecule has 0 bridgehead atoms. The van der Waals surface area contributed by atoms with Crippen LogP contribution in [0.1, 0.15) is 20.3 Å². The molecule has 4 heteroatoms. The maximum atomic E-state index is 12.7. The van der Waals surface area contributed by atoms with Gasteiger partial charge in [0.2, 0.25) is 0 Å². The first-order valence-corrected chi connectivity index (χ1v) is 4.13. The molecule has 0 saturated heterocycles. The first-order valence-electron chi connectivity index (χ1n) is 2.89. The van der Waals surface area contributed by atoms with Crippen molar-refractivity contribution in [3.05, 3.63) is 0 Å². The summed E-state index contributed by atoms with van der Waals surface area (Å²) in [4.78, 5) is 10.2. The van der Waals surface area contributed by atoms with Crippen LogP contribution in [0.25, 0.3) is 0 Å². The van der Waals surface area contributed by atoms with Gasteiger partial charge in [0.1, 0.15) is 9.59 Å². The summed E-state index contributed by atoms with van der Waals surface area (Å²) in [6.07, 6.45) is 0.0584. The zero-order valence-electron chi connectivity index (χ0n) is 5.90. The van der Waals surface area contributed by atoms with Crippen molar-refractivity contribution in [2.24, 2.45) is 0 Å². The Morgan fingerprint density at radius 3 is 2.30 bits per heavy atom. The van der Waals surface area contributed by atoms with E-state index in [1.807, 2.05) is 0 Å². The average Bonchev–Trinajstić information content (AvgIpc) is 1.60. The van der Waals surface area contributed by atoms with Crippen molar-refractivity contribution in [2.75, 3.05) is 0 Å². The van der Waals surface area contributed by atoms with Crippen LogP contribution < -0.4 is 0 Å². The van der Waals surface area contributed by atoms with Gasteiger partial charge in [0.25, 0.3) is 0 Å². The maximum Gasteiger partial charge on any atom is 0.316 e. The van der Waals surface area contributed by atoms with E-state index >= 15 is 0 Å². The van der Waals surface area contributed by atoms with Crippen molar-refractivity contribution < 1.29 is 14.3 Å². The molecule has 0 aliphatic rings. The molecule has 1 atom stereocenters. The first kappa shape index (κ1) is 10.1. The number of alkyl halides is 2. The van der Waals surface area contributed by atoms with Crippen LogP contribution in [0, 0.1) is 0 Å². The molecule has 10 heavy (non-hydrogen) atoms. The van der Waals surface area contributed by atoms with E-state index in [2.05, 4.69) is 0 Å². The molecule has 0 radical (unpaired) electrons. The Labute approximate surface area is 72.9 Å². The minimum atomic E-state index is -1.38. The molecule has 0 saturated carbocycles. The Kier molecular flexibility index (Phi) is 3.55. The molecule has 0 aromatic heterocycles. The molecule has 0 unspecified atom stereocenters. The lowest BCUT2D eigenvalue weighted by atomic mass is 10.1. The Morgan fingerprint density at radius 1 is 1.80 bits per heavy atom. The van der Waals surface area contributed by atoms with Crippen molar-refractivity contribution in [3.8, 4) is 0 Å². The molecule has 0 aromatic carbocycles. The number of halogens is 2. The second-order valence-electron chi connectivity index (χ2n) is 2.73. The van der Waals surface area contributed by atoms with E-state index in [1.165, 1.54) is 13.8 Å². The van der Waals surface area contributed by atoms with Gasteiger partial charge in [-0.1, -0.05) is 22.6 Å². The van der Waals surface area contributed by atoms with E-state index in [-0.39, 0.29) is 6.42 Å². The highest BCUT2D eigenvalue weighted by Crippen LogP contribution is 2.20. The Bertz CT molecular complexity index is 130. The van der Waals surface area contributed by atoms with E-state index < -0.39 is 15.6 Å². The smallest absolute Gasteiger partial charge is 0.316 e. The SMILES string of the molecule is CC(C)(F)C[C@H](I)C(=O)O. The summed E-state index contributed by atoms with van der Waals surface area (Å²) in [5.41, 5.74) is -1.38.